The van der Waals surface area contributed by atoms with Crippen molar-refractivity contribution in [3.05, 3.63) is 94.8 Å². The maximum Gasteiger partial charge on any atom is 0.309 e. The van der Waals surface area contributed by atoms with Crippen LogP contribution in [0.25, 0.3) is 0 Å². The van der Waals surface area contributed by atoms with E-state index in [2.05, 4.69) is 50.4 Å². The summed E-state index contributed by atoms with van der Waals surface area (Å²) >= 11 is 0. The highest BCUT2D eigenvalue weighted by molar-refractivity contribution is 6.35. The summed E-state index contributed by atoms with van der Waals surface area (Å²) in [6.07, 6.45) is 2.98. The lowest BCUT2D eigenvalue weighted by Gasteiger charge is -2.36. The molecule has 32 heavy (non-hydrogen) atoms. The fourth-order valence-electron chi connectivity index (χ4n) is 4.26. The number of rotatable bonds is 6. The lowest BCUT2D eigenvalue weighted by molar-refractivity contribution is -0.139. The first-order valence-corrected chi connectivity index (χ1v) is 11.0. The van der Waals surface area contributed by atoms with Gasteiger partial charge in [0.15, 0.2) is 0 Å². The molecule has 0 spiro atoms. The fraction of sp³-hybridized carbons (Fsp3) is 0.308. The normalized spacial score (nSPS) is 14.4. The highest BCUT2D eigenvalue weighted by Crippen LogP contribution is 2.27. The Bertz CT molecular complexity index is 1090. The first-order valence-electron chi connectivity index (χ1n) is 11.0. The van der Waals surface area contributed by atoms with E-state index in [0.29, 0.717) is 13.1 Å². The zero-order chi connectivity index (χ0) is 22.5. The van der Waals surface area contributed by atoms with Gasteiger partial charge in [0.25, 0.3) is 0 Å². The topological polar surface area (TPSA) is 66.4 Å². The van der Waals surface area contributed by atoms with Gasteiger partial charge in [-0.15, -0.1) is 0 Å². The average molecular weight is 431 g/mol. The van der Waals surface area contributed by atoms with Crippen molar-refractivity contribution in [2.75, 3.05) is 13.1 Å². The Kier molecular flexibility index (Phi) is 6.71. The molecule has 4 rings (SSSR count). The Labute approximate surface area is 189 Å². The maximum absolute atomic E-state index is 12.5. The molecular weight excluding hydrogens is 400 g/mol. The highest BCUT2D eigenvalue weighted by Gasteiger charge is 2.27. The molecule has 1 aromatic heterocycles. The summed E-state index contributed by atoms with van der Waals surface area (Å²) in [5.74, 6) is -1.21. The van der Waals surface area contributed by atoms with Crippen LogP contribution in [0.15, 0.2) is 66.9 Å². The van der Waals surface area contributed by atoms with Gasteiger partial charge in [-0.2, -0.15) is 0 Å². The zero-order valence-corrected chi connectivity index (χ0v) is 18.7. The molecule has 2 aromatic carbocycles. The maximum atomic E-state index is 12.5. The zero-order valence-electron chi connectivity index (χ0n) is 18.7. The Hall–Kier alpha value is -3.38. The third-order valence-corrected chi connectivity index (χ3v) is 6.16. The van der Waals surface area contributed by atoms with E-state index in [1.807, 2.05) is 50.5 Å². The van der Waals surface area contributed by atoms with Crippen molar-refractivity contribution in [2.24, 2.45) is 7.05 Å². The van der Waals surface area contributed by atoms with Crippen molar-refractivity contribution in [1.29, 1.82) is 0 Å². The van der Waals surface area contributed by atoms with E-state index >= 15 is 0 Å². The van der Waals surface area contributed by atoms with Gasteiger partial charge in [0.2, 0.25) is 0 Å². The predicted molar refractivity (Wildman–Crippen MR) is 125 cm³/mol. The van der Waals surface area contributed by atoms with E-state index in [4.69, 9.17) is 0 Å². The van der Waals surface area contributed by atoms with Crippen LogP contribution in [0.4, 0.5) is 0 Å². The molecule has 0 aliphatic carbocycles. The first kappa shape index (κ1) is 21.8. The van der Waals surface area contributed by atoms with Gasteiger partial charge < -0.3 is 15.2 Å². The van der Waals surface area contributed by atoms with Crippen molar-refractivity contribution in [2.45, 2.75) is 32.5 Å². The van der Waals surface area contributed by atoms with Crippen LogP contribution < -0.4 is 10.6 Å². The number of nitrogens with zero attached hydrogens (tertiary/aromatic N) is 2. The molecule has 1 unspecified atom stereocenters. The predicted octanol–water partition coefficient (Wildman–Crippen LogP) is 2.87. The van der Waals surface area contributed by atoms with E-state index in [1.165, 1.54) is 11.1 Å². The summed E-state index contributed by atoms with van der Waals surface area (Å²) in [4.78, 5) is 27.2. The van der Waals surface area contributed by atoms with Crippen LogP contribution >= 0.6 is 0 Å². The molecule has 0 saturated carbocycles. The molecule has 2 N–H and O–H groups in total. The number of aromatic nitrogens is 1. The summed E-state index contributed by atoms with van der Waals surface area (Å²) in [7, 11) is 2.01. The minimum atomic E-state index is -0.611. The van der Waals surface area contributed by atoms with Crippen molar-refractivity contribution in [3.63, 3.8) is 0 Å². The first-order chi connectivity index (χ1) is 15.5. The average Bonchev–Trinajstić information content (AvgIpc) is 3.24. The molecule has 1 aliphatic rings. The fourth-order valence-corrected chi connectivity index (χ4v) is 4.26. The molecule has 0 fully saturated rings. The number of amides is 2. The van der Waals surface area contributed by atoms with Crippen LogP contribution in [-0.2, 0) is 36.1 Å². The minimum Gasteiger partial charge on any atom is -0.353 e. The van der Waals surface area contributed by atoms with Gasteiger partial charge in [0, 0.05) is 45.1 Å². The van der Waals surface area contributed by atoms with Crippen LogP contribution in [0.3, 0.4) is 0 Å². The molecule has 3 aromatic rings. The molecule has 6 nitrogen and oxygen atoms in total. The van der Waals surface area contributed by atoms with Crippen LogP contribution in [0, 0.1) is 6.92 Å². The van der Waals surface area contributed by atoms with Gasteiger partial charge in [0.1, 0.15) is 0 Å². The molecule has 6 heteroatoms. The van der Waals surface area contributed by atoms with Crippen LogP contribution in [0.1, 0.15) is 34.0 Å². The second-order valence-corrected chi connectivity index (χ2v) is 8.43. The van der Waals surface area contributed by atoms with Gasteiger partial charge in [-0.25, -0.2) is 0 Å². The van der Waals surface area contributed by atoms with Crippen molar-refractivity contribution >= 4 is 11.8 Å². The van der Waals surface area contributed by atoms with E-state index in [0.717, 1.165) is 36.3 Å². The number of nitrogens with one attached hydrogen (secondary N) is 2. The molecule has 0 saturated heterocycles. The molecule has 166 valence electrons. The standard InChI is InChI=1S/C26H30N4O2/c1-19-9-11-20(12-10-19)16-27-25(31)26(32)28-17-24(23-8-5-14-29(23)2)30-15-13-21-6-3-4-7-22(21)18-30/h3-12,14,24H,13,15-18H2,1-2H3,(H,27,31)(H,28,32). The van der Waals surface area contributed by atoms with Crippen molar-refractivity contribution in [3.8, 4) is 0 Å². The summed E-state index contributed by atoms with van der Waals surface area (Å²) in [5, 5.41) is 5.57. The van der Waals surface area contributed by atoms with Gasteiger partial charge in [-0.1, -0.05) is 54.1 Å². The van der Waals surface area contributed by atoms with Crippen LogP contribution in [0.5, 0.6) is 0 Å². The Balaban J connectivity index is 1.39. The number of hydrogen-bond acceptors (Lipinski definition) is 3. The smallest absolute Gasteiger partial charge is 0.309 e. The molecule has 2 heterocycles. The largest absolute Gasteiger partial charge is 0.353 e. The van der Waals surface area contributed by atoms with Crippen LogP contribution in [-0.4, -0.2) is 34.4 Å². The second-order valence-electron chi connectivity index (χ2n) is 8.43. The van der Waals surface area contributed by atoms with E-state index in [1.54, 1.807) is 0 Å². The lowest BCUT2D eigenvalue weighted by Crippen LogP contribution is -2.45. The number of carbonyl (C=O) groups excluding carboxylic acids is 2. The third kappa shape index (κ3) is 5.08. The molecule has 2 amide bonds. The van der Waals surface area contributed by atoms with Gasteiger partial charge in [-0.3, -0.25) is 14.5 Å². The summed E-state index contributed by atoms with van der Waals surface area (Å²) < 4.78 is 2.08. The van der Waals surface area contributed by atoms with Gasteiger partial charge >= 0.3 is 11.8 Å². The highest BCUT2D eigenvalue weighted by atomic mass is 16.2. The van der Waals surface area contributed by atoms with E-state index in [-0.39, 0.29) is 6.04 Å². The van der Waals surface area contributed by atoms with Crippen molar-refractivity contribution < 1.29 is 9.59 Å². The quantitative estimate of drug-likeness (QED) is 0.591. The Morgan fingerprint density at radius 2 is 1.66 bits per heavy atom. The van der Waals surface area contributed by atoms with Gasteiger partial charge in [0.05, 0.1) is 6.04 Å². The monoisotopic (exact) mass is 430 g/mol. The second kappa shape index (κ2) is 9.83. The van der Waals surface area contributed by atoms with Gasteiger partial charge in [-0.05, 0) is 42.2 Å². The molecule has 0 bridgehead atoms. The summed E-state index contributed by atoms with van der Waals surface area (Å²) in [6.45, 7) is 4.44. The summed E-state index contributed by atoms with van der Waals surface area (Å²) in [5.41, 5.74) is 5.94. The number of fused-ring (bicyclic) bond motifs is 1. The Morgan fingerprint density at radius 3 is 2.38 bits per heavy atom. The SMILES string of the molecule is Cc1ccc(CNC(=O)C(=O)NCC(c2cccn2C)N2CCc3ccccc3C2)cc1. The van der Waals surface area contributed by atoms with Crippen molar-refractivity contribution in [1.82, 2.24) is 20.1 Å². The molecule has 0 radical (unpaired) electrons. The lowest BCUT2D eigenvalue weighted by atomic mass is 9.98. The number of benzene rings is 2. The van der Waals surface area contributed by atoms with Crippen LogP contribution in [0.2, 0.25) is 0 Å². The van der Waals surface area contributed by atoms with E-state index < -0.39 is 11.8 Å². The minimum absolute atomic E-state index is 0.0165. The Morgan fingerprint density at radius 1 is 0.938 bits per heavy atom. The molecule has 1 atom stereocenters. The number of carbonyl (C=O) groups is 2. The number of hydrogen-bond donors (Lipinski definition) is 2. The summed E-state index contributed by atoms with van der Waals surface area (Å²) in [6, 6.07) is 20.5. The molecular formula is C26H30N4O2. The van der Waals surface area contributed by atoms with E-state index in [9.17, 15) is 9.59 Å². The molecule has 1 aliphatic heterocycles. The third-order valence-electron chi connectivity index (χ3n) is 6.16. The number of aryl methyl sites for hydroxylation is 2.